The first-order valence-electron chi connectivity index (χ1n) is 7.11. The van der Waals surface area contributed by atoms with Crippen molar-refractivity contribution in [1.29, 1.82) is 5.26 Å². The van der Waals surface area contributed by atoms with E-state index in [2.05, 4.69) is 16.4 Å². The second-order valence-electron chi connectivity index (χ2n) is 5.23. The standard InChI is InChI=1S/C16H13N3O3S/c17-8-11-13-10(16(21)22)2-1-3-12(13)23-15(11)19-14(20)9-4-6-18-7-5-9/h4-7,10H,1-3H2,(H,19,20)(H,21,22). The maximum atomic E-state index is 12.3. The minimum absolute atomic E-state index is 0.277. The summed E-state index contributed by atoms with van der Waals surface area (Å²) in [6, 6.07) is 5.22. The number of amides is 1. The summed E-state index contributed by atoms with van der Waals surface area (Å²) in [6.07, 6.45) is 5.06. The summed E-state index contributed by atoms with van der Waals surface area (Å²) < 4.78 is 0. The number of carbonyl (C=O) groups excluding carboxylic acids is 1. The van der Waals surface area contributed by atoms with Crippen LogP contribution in [-0.2, 0) is 11.2 Å². The van der Waals surface area contributed by atoms with Crippen LogP contribution in [-0.4, -0.2) is 22.0 Å². The van der Waals surface area contributed by atoms with Crippen LogP contribution in [0, 0.1) is 11.3 Å². The van der Waals surface area contributed by atoms with Gasteiger partial charge in [-0.1, -0.05) is 0 Å². The van der Waals surface area contributed by atoms with Gasteiger partial charge in [0.1, 0.15) is 11.1 Å². The maximum Gasteiger partial charge on any atom is 0.311 e. The first kappa shape index (κ1) is 15.2. The fraction of sp³-hybridized carbons (Fsp3) is 0.250. The number of aliphatic carboxylic acids is 1. The first-order chi connectivity index (χ1) is 11.1. The van der Waals surface area contributed by atoms with E-state index < -0.39 is 11.9 Å². The van der Waals surface area contributed by atoms with Gasteiger partial charge in [-0.15, -0.1) is 11.3 Å². The molecule has 3 rings (SSSR count). The van der Waals surface area contributed by atoms with E-state index in [1.807, 2.05) is 0 Å². The Morgan fingerprint density at radius 3 is 2.78 bits per heavy atom. The number of thiophene rings is 1. The van der Waals surface area contributed by atoms with Crippen molar-refractivity contribution in [3.8, 4) is 6.07 Å². The Labute approximate surface area is 136 Å². The number of nitrogens with zero attached hydrogens (tertiary/aromatic N) is 2. The molecule has 116 valence electrons. The lowest BCUT2D eigenvalue weighted by Gasteiger charge is -2.18. The normalized spacial score (nSPS) is 16.2. The molecule has 2 heterocycles. The molecule has 0 bridgehead atoms. The van der Waals surface area contributed by atoms with Crippen LogP contribution in [0.2, 0.25) is 0 Å². The summed E-state index contributed by atoms with van der Waals surface area (Å²) in [6.45, 7) is 0. The number of aromatic nitrogens is 1. The predicted molar refractivity (Wildman–Crippen MR) is 84.5 cm³/mol. The topological polar surface area (TPSA) is 103 Å². The van der Waals surface area contributed by atoms with Crippen molar-refractivity contribution >= 4 is 28.2 Å². The van der Waals surface area contributed by atoms with E-state index in [0.29, 0.717) is 22.5 Å². The van der Waals surface area contributed by atoms with E-state index in [4.69, 9.17) is 0 Å². The highest BCUT2D eigenvalue weighted by atomic mass is 32.1. The van der Waals surface area contributed by atoms with Gasteiger partial charge in [-0.25, -0.2) is 0 Å². The van der Waals surface area contributed by atoms with Crippen LogP contribution in [0.5, 0.6) is 0 Å². The summed E-state index contributed by atoms with van der Waals surface area (Å²) in [5, 5.41) is 22.0. The Bertz CT molecular complexity index is 808. The average molecular weight is 327 g/mol. The quantitative estimate of drug-likeness (QED) is 0.902. The lowest BCUT2D eigenvalue weighted by molar-refractivity contribution is -0.139. The third-order valence-corrected chi connectivity index (χ3v) is 5.03. The van der Waals surface area contributed by atoms with Crippen molar-refractivity contribution in [3.05, 3.63) is 46.1 Å². The molecule has 1 unspecified atom stereocenters. The molecule has 0 aliphatic heterocycles. The molecule has 0 spiro atoms. The zero-order valence-electron chi connectivity index (χ0n) is 12.1. The summed E-state index contributed by atoms with van der Waals surface area (Å²) in [5.41, 5.74) is 1.28. The molecule has 0 saturated carbocycles. The average Bonchev–Trinajstić information content (AvgIpc) is 2.92. The molecule has 2 aromatic rings. The minimum Gasteiger partial charge on any atom is -0.481 e. The summed E-state index contributed by atoms with van der Waals surface area (Å²) in [4.78, 5) is 28.4. The van der Waals surface area contributed by atoms with Crippen molar-refractivity contribution in [2.24, 2.45) is 0 Å². The molecule has 0 fully saturated rings. The van der Waals surface area contributed by atoms with Crippen LogP contribution >= 0.6 is 11.3 Å². The Kier molecular flexibility index (Phi) is 4.08. The van der Waals surface area contributed by atoms with Crippen LogP contribution in [0.25, 0.3) is 0 Å². The Balaban J connectivity index is 1.97. The largest absolute Gasteiger partial charge is 0.481 e. The third kappa shape index (κ3) is 2.81. The van der Waals surface area contributed by atoms with Crippen molar-refractivity contribution < 1.29 is 14.7 Å². The fourth-order valence-corrected chi connectivity index (χ4v) is 4.03. The highest BCUT2D eigenvalue weighted by Gasteiger charge is 2.33. The SMILES string of the molecule is N#Cc1c(NC(=O)c2ccncc2)sc2c1C(C(=O)O)CCC2. The molecule has 1 aliphatic carbocycles. The number of pyridine rings is 1. The van der Waals surface area contributed by atoms with Gasteiger partial charge in [0.05, 0.1) is 11.5 Å². The number of anilines is 1. The van der Waals surface area contributed by atoms with Crippen molar-refractivity contribution in [2.75, 3.05) is 5.32 Å². The number of hydrogen-bond donors (Lipinski definition) is 2. The van der Waals surface area contributed by atoms with Gasteiger partial charge < -0.3 is 10.4 Å². The summed E-state index contributed by atoms with van der Waals surface area (Å²) in [7, 11) is 0. The molecular formula is C16H13N3O3S. The Morgan fingerprint density at radius 1 is 1.39 bits per heavy atom. The van der Waals surface area contributed by atoms with Gasteiger partial charge in [0.15, 0.2) is 0 Å². The zero-order valence-corrected chi connectivity index (χ0v) is 12.9. The van der Waals surface area contributed by atoms with Crippen LogP contribution in [0.4, 0.5) is 5.00 Å². The Morgan fingerprint density at radius 2 is 2.13 bits per heavy atom. The van der Waals surface area contributed by atoms with Gasteiger partial charge in [-0.2, -0.15) is 5.26 Å². The number of hydrogen-bond acceptors (Lipinski definition) is 5. The molecule has 2 aromatic heterocycles. The van der Waals surface area contributed by atoms with Gasteiger partial charge in [0.25, 0.3) is 5.91 Å². The number of nitrogens with one attached hydrogen (secondary N) is 1. The van der Waals surface area contributed by atoms with E-state index >= 15 is 0 Å². The van der Waals surface area contributed by atoms with Gasteiger partial charge in [0, 0.05) is 28.4 Å². The fourth-order valence-electron chi connectivity index (χ4n) is 2.78. The number of aryl methyl sites for hydroxylation is 1. The zero-order chi connectivity index (χ0) is 16.4. The molecule has 23 heavy (non-hydrogen) atoms. The number of carboxylic acids is 1. The van der Waals surface area contributed by atoms with E-state index in [9.17, 15) is 20.0 Å². The molecular weight excluding hydrogens is 314 g/mol. The monoisotopic (exact) mass is 327 g/mol. The minimum atomic E-state index is -0.924. The predicted octanol–water partition coefficient (Wildman–Crippen LogP) is 2.77. The lowest BCUT2D eigenvalue weighted by Crippen LogP contribution is -2.17. The number of fused-ring (bicyclic) bond motifs is 1. The number of carbonyl (C=O) groups is 2. The molecule has 2 N–H and O–H groups in total. The van der Waals surface area contributed by atoms with Crippen LogP contribution in [0.3, 0.4) is 0 Å². The van der Waals surface area contributed by atoms with Crippen molar-refractivity contribution in [2.45, 2.75) is 25.2 Å². The lowest BCUT2D eigenvalue weighted by atomic mass is 9.85. The summed E-state index contributed by atoms with van der Waals surface area (Å²) in [5.74, 6) is -1.93. The van der Waals surface area contributed by atoms with Crippen LogP contribution in [0.1, 0.15) is 45.1 Å². The van der Waals surface area contributed by atoms with E-state index in [1.165, 1.54) is 23.7 Å². The molecule has 1 amide bonds. The molecule has 0 radical (unpaired) electrons. The van der Waals surface area contributed by atoms with Crippen molar-refractivity contribution in [3.63, 3.8) is 0 Å². The highest BCUT2D eigenvalue weighted by molar-refractivity contribution is 7.16. The van der Waals surface area contributed by atoms with E-state index in [0.717, 1.165) is 17.7 Å². The molecule has 6 nitrogen and oxygen atoms in total. The van der Waals surface area contributed by atoms with Gasteiger partial charge >= 0.3 is 5.97 Å². The van der Waals surface area contributed by atoms with Crippen LogP contribution < -0.4 is 5.32 Å². The third-order valence-electron chi connectivity index (χ3n) is 3.85. The highest BCUT2D eigenvalue weighted by Crippen LogP contribution is 2.43. The molecule has 7 heteroatoms. The number of carboxylic acid groups (broad SMARTS) is 1. The van der Waals surface area contributed by atoms with Gasteiger partial charge in [-0.05, 0) is 31.4 Å². The molecule has 1 aliphatic rings. The Hall–Kier alpha value is -2.72. The van der Waals surface area contributed by atoms with Crippen LogP contribution in [0.15, 0.2) is 24.5 Å². The molecule has 1 atom stereocenters. The molecule has 0 aromatic carbocycles. The van der Waals surface area contributed by atoms with Gasteiger partial charge in [0.2, 0.25) is 0 Å². The maximum absolute atomic E-state index is 12.3. The van der Waals surface area contributed by atoms with Crippen molar-refractivity contribution in [1.82, 2.24) is 4.98 Å². The second-order valence-corrected chi connectivity index (χ2v) is 6.33. The second kappa shape index (κ2) is 6.18. The van der Waals surface area contributed by atoms with E-state index in [-0.39, 0.29) is 11.5 Å². The van der Waals surface area contributed by atoms with Gasteiger partial charge in [-0.3, -0.25) is 14.6 Å². The smallest absolute Gasteiger partial charge is 0.311 e. The van der Waals surface area contributed by atoms with E-state index in [1.54, 1.807) is 12.1 Å². The number of nitriles is 1. The summed E-state index contributed by atoms with van der Waals surface area (Å²) >= 11 is 1.30. The number of rotatable bonds is 3. The molecule has 0 saturated heterocycles. The first-order valence-corrected chi connectivity index (χ1v) is 7.93.